The van der Waals surface area contributed by atoms with Crippen molar-refractivity contribution >= 4 is 11.7 Å². The first kappa shape index (κ1) is 16.6. The largest absolute Gasteiger partial charge is 0.360 e. The molecule has 2 aromatic heterocycles. The lowest BCUT2D eigenvalue weighted by atomic mass is 9.88. The maximum absolute atomic E-state index is 12.6. The molecule has 1 aromatic carbocycles. The van der Waals surface area contributed by atoms with Gasteiger partial charge in [0.15, 0.2) is 11.5 Å². The van der Waals surface area contributed by atoms with Gasteiger partial charge in [-0.1, -0.05) is 36.3 Å². The summed E-state index contributed by atoms with van der Waals surface area (Å²) in [4.78, 5) is 12.6. The van der Waals surface area contributed by atoms with E-state index in [2.05, 4.69) is 41.6 Å². The fourth-order valence-corrected chi connectivity index (χ4v) is 3.41. The van der Waals surface area contributed by atoms with Crippen molar-refractivity contribution in [1.29, 1.82) is 0 Å². The number of fused-ring (bicyclic) bond motifs is 1. The Balaban J connectivity index is 1.47. The smallest absolute Gasteiger partial charge is 0.279 e. The molecule has 0 aliphatic heterocycles. The summed E-state index contributed by atoms with van der Waals surface area (Å²) in [5.74, 6) is 1.65. The first-order valence-electron chi connectivity index (χ1n) is 8.97. The molecule has 4 rings (SSSR count). The number of amides is 1. The van der Waals surface area contributed by atoms with Crippen molar-refractivity contribution in [2.24, 2.45) is 5.92 Å². The monoisotopic (exact) mass is 350 g/mol. The summed E-state index contributed by atoms with van der Waals surface area (Å²) in [5, 5.41) is 11.3. The number of carbonyl (C=O) groups is 1. The normalized spacial score (nSPS) is 16.3. The Morgan fingerprint density at radius 3 is 3.04 bits per heavy atom. The third kappa shape index (κ3) is 3.27. The maximum Gasteiger partial charge on any atom is 0.279 e. The van der Waals surface area contributed by atoms with Gasteiger partial charge in [0.2, 0.25) is 0 Å². The number of hydrogen-bond acceptors (Lipinski definition) is 4. The highest BCUT2D eigenvalue weighted by Crippen LogP contribution is 2.28. The van der Waals surface area contributed by atoms with Crippen LogP contribution in [0.4, 0.5) is 5.82 Å². The highest BCUT2D eigenvalue weighted by Gasteiger charge is 2.27. The van der Waals surface area contributed by atoms with Gasteiger partial charge in [0, 0.05) is 24.2 Å². The molecule has 0 spiro atoms. The summed E-state index contributed by atoms with van der Waals surface area (Å²) in [7, 11) is 0. The van der Waals surface area contributed by atoms with E-state index in [1.54, 1.807) is 6.07 Å². The van der Waals surface area contributed by atoms with Crippen molar-refractivity contribution < 1.29 is 9.32 Å². The zero-order chi connectivity index (χ0) is 18.1. The van der Waals surface area contributed by atoms with Crippen LogP contribution in [0.25, 0.3) is 0 Å². The van der Waals surface area contributed by atoms with E-state index in [1.807, 2.05) is 23.0 Å². The number of nitrogens with zero attached hydrogens (tertiary/aromatic N) is 3. The zero-order valence-electron chi connectivity index (χ0n) is 15.0. The van der Waals surface area contributed by atoms with Crippen molar-refractivity contribution in [3.8, 4) is 0 Å². The molecule has 6 heteroatoms. The van der Waals surface area contributed by atoms with E-state index in [0.29, 0.717) is 24.0 Å². The third-order valence-corrected chi connectivity index (χ3v) is 4.98. The van der Waals surface area contributed by atoms with Gasteiger partial charge < -0.3 is 9.84 Å². The van der Waals surface area contributed by atoms with Crippen molar-refractivity contribution in [3.63, 3.8) is 0 Å². The van der Waals surface area contributed by atoms with Crippen LogP contribution in [0.15, 0.2) is 41.1 Å². The average Bonchev–Trinajstić information content (AvgIpc) is 3.23. The number of aryl methyl sites for hydroxylation is 2. The minimum absolute atomic E-state index is 0.259. The number of carbonyl (C=O) groups excluding carboxylic acids is 1. The quantitative estimate of drug-likeness (QED) is 0.780. The predicted octanol–water partition coefficient (Wildman–Crippen LogP) is 3.60. The molecule has 2 heterocycles. The second-order valence-electron chi connectivity index (χ2n) is 7.06. The molecule has 1 aliphatic rings. The zero-order valence-corrected chi connectivity index (χ0v) is 15.0. The predicted molar refractivity (Wildman–Crippen MR) is 98.2 cm³/mol. The van der Waals surface area contributed by atoms with Crippen LogP contribution in [-0.2, 0) is 19.4 Å². The molecular weight excluding hydrogens is 328 g/mol. The number of rotatable bonds is 4. The summed E-state index contributed by atoms with van der Waals surface area (Å²) >= 11 is 0. The minimum atomic E-state index is -0.259. The van der Waals surface area contributed by atoms with Gasteiger partial charge in [0.25, 0.3) is 5.91 Å². The molecule has 0 saturated heterocycles. The van der Waals surface area contributed by atoms with Gasteiger partial charge in [-0.25, -0.2) is 0 Å². The number of benzene rings is 1. The number of nitrogens with one attached hydrogen (secondary N) is 1. The Hall–Kier alpha value is -2.89. The molecule has 3 aromatic rings. The number of anilines is 1. The van der Waals surface area contributed by atoms with Crippen LogP contribution in [0.5, 0.6) is 0 Å². The van der Waals surface area contributed by atoms with Gasteiger partial charge in [0.1, 0.15) is 5.76 Å². The third-order valence-electron chi connectivity index (χ3n) is 4.98. The van der Waals surface area contributed by atoms with E-state index >= 15 is 0 Å². The van der Waals surface area contributed by atoms with E-state index in [-0.39, 0.29) is 5.91 Å². The fraction of sp³-hybridized carbons (Fsp3) is 0.350. The van der Waals surface area contributed by atoms with Gasteiger partial charge in [-0.05, 0) is 36.8 Å². The van der Waals surface area contributed by atoms with Crippen molar-refractivity contribution in [2.75, 3.05) is 5.32 Å². The summed E-state index contributed by atoms with van der Waals surface area (Å²) < 4.78 is 7.17. The van der Waals surface area contributed by atoms with E-state index in [4.69, 9.17) is 4.52 Å². The van der Waals surface area contributed by atoms with Crippen LogP contribution in [0.3, 0.4) is 0 Å². The molecule has 1 N–H and O–H groups in total. The Morgan fingerprint density at radius 2 is 2.19 bits per heavy atom. The lowest BCUT2D eigenvalue weighted by Crippen LogP contribution is -2.18. The maximum atomic E-state index is 12.6. The second-order valence-corrected chi connectivity index (χ2v) is 7.06. The van der Waals surface area contributed by atoms with E-state index in [1.165, 1.54) is 11.1 Å². The molecule has 0 fully saturated rings. The lowest BCUT2D eigenvalue weighted by Gasteiger charge is -2.16. The summed E-state index contributed by atoms with van der Waals surface area (Å²) in [6.45, 7) is 4.93. The van der Waals surface area contributed by atoms with Crippen LogP contribution in [0.2, 0.25) is 0 Å². The molecule has 6 nitrogen and oxygen atoms in total. The second kappa shape index (κ2) is 6.78. The fourth-order valence-electron chi connectivity index (χ4n) is 3.41. The van der Waals surface area contributed by atoms with Gasteiger partial charge in [-0.15, -0.1) is 0 Å². The van der Waals surface area contributed by atoms with Crippen LogP contribution in [0, 0.1) is 12.8 Å². The van der Waals surface area contributed by atoms with Gasteiger partial charge in [-0.3, -0.25) is 9.48 Å². The molecule has 26 heavy (non-hydrogen) atoms. The van der Waals surface area contributed by atoms with Crippen molar-refractivity contribution in [3.05, 3.63) is 64.7 Å². The molecule has 0 saturated carbocycles. The highest BCUT2D eigenvalue weighted by atomic mass is 16.5. The van der Waals surface area contributed by atoms with Crippen LogP contribution >= 0.6 is 0 Å². The summed E-state index contributed by atoms with van der Waals surface area (Å²) in [5.41, 5.74) is 3.76. The number of aromatic nitrogens is 3. The Kier molecular flexibility index (Phi) is 4.32. The molecular formula is C20H22N4O2. The first-order chi connectivity index (χ1) is 12.6. The summed E-state index contributed by atoms with van der Waals surface area (Å²) in [6.07, 6.45) is 4.63. The molecule has 1 aliphatic carbocycles. The van der Waals surface area contributed by atoms with Crippen LogP contribution in [-0.4, -0.2) is 20.8 Å². The standard InChI is InChI=1S/C20H22N4O2/c1-13-7-8-17-16(11-13)19(23-26-17)20(25)21-18-9-10-24(22-18)12-15-6-4-3-5-14(15)2/h3-6,9-10,13H,7-8,11-12H2,1-2H3,(H,21,22,25). The molecule has 134 valence electrons. The van der Waals surface area contributed by atoms with Crippen LogP contribution in [0.1, 0.15) is 46.3 Å². The summed E-state index contributed by atoms with van der Waals surface area (Å²) in [6, 6.07) is 10.00. The SMILES string of the molecule is Cc1ccccc1Cn1ccc(NC(=O)c2noc3c2CC(C)CC3)n1. The van der Waals surface area contributed by atoms with Crippen molar-refractivity contribution in [2.45, 2.75) is 39.7 Å². The molecule has 1 amide bonds. The highest BCUT2D eigenvalue weighted by molar-refractivity contribution is 6.03. The lowest BCUT2D eigenvalue weighted by molar-refractivity contribution is 0.101. The molecule has 0 bridgehead atoms. The molecule has 1 atom stereocenters. The van der Waals surface area contributed by atoms with E-state index in [0.717, 1.165) is 30.6 Å². The van der Waals surface area contributed by atoms with Gasteiger partial charge in [0.05, 0.1) is 6.54 Å². The van der Waals surface area contributed by atoms with Gasteiger partial charge >= 0.3 is 0 Å². The van der Waals surface area contributed by atoms with Crippen molar-refractivity contribution in [1.82, 2.24) is 14.9 Å². The molecule has 1 unspecified atom stereocenters. The topological polar surface area (TPSA) is 73.0 Å². The van der Waals surface area contributed by atoms with Gasteiger partial charge in [-0.2, -0.15) is 5.10 Å². The minimum Gasteiger partial charge on any atom is -0.360 e. The van der Waals surface area contributed by atoms with E-state index < -0.39 is 0 Å². The Bertz CT molecular complexity index is 941. The van der Waals surface area contributed by atoms with E-state index in [9.17, 15) is 4.79 Å². The number of hydrogen-bond donors (Lipinski definition) is 1. The first-order valence-corrected chi connectivity index (χ1v) is 8.97. The Labute approximate surface area is 152 Å². The average molecular weight is 350 g/mol. The Morgan fingerprint density at radius 1 is 1.35 bits per heavy atom. The molecule has 0 radical (unpaired) electrons. The van der Waals surface area contributed by atoms with Crippen LogP contribution < -0.4 is 5.32 Å².